The van der Waals surface area contributed by atoms with Gasteiger partial charge in [-0.15, -0.1) is 0 Å². The van der Waals surface area contributed by atoms with Gasteiger partial charge in [0.05, 0.1) is 5.60 Å². The summed E-state index contributed by atoms with van der Waals surface area (Å²) in [7, 11) is 0. The Hall–Kier alpha value is -0.340. The monoisotopic (exact) mass is 312 g/mol. The maximum absolute atomic E-state index is 6.21. The van der Waals surface area contributed by atoms with Crippen LogP contribution in [-0.2, 0) is 10.3 Å². The largest absolute Gasteiger partial charge is 0.364 e. The number of alkyl halides is 1. The fourth-order valence-electron chi connectivity index (χ4n) is 2.06. The highest BCUT2D eigenvalue weighted by molar-refractivity contribution is 9.09. The molecular formula is C16H25BrO. The summed E-state index contributed by atoms with van der Waals surface area (Å²) in [6.07, 6.45) is 0. The molecule has 0 bridgehead atoms. The third-order valence-corrected chi connectivity index (χ3v) is 4.04. The predicted octanol–water partition coefficient (Wildman–Crippen LogP) is 5.24. The van der Waals surface area contributed by atoms with Crippen LogP contribution in [0.4, 0.5) is 0 Å². The standard InChI is InChI=1S/C16H25BrO/c1-12(2)13-7-9-14(10-8-13)16(6,11-17)18-15(3,4)5/h7-10,12H,11H2,1-6H3. The molecule has 1 aromatic rings. The van der Waals surface area contributed by atoms with Crippen molar-refractivity contribution in [3.05, 3.63) is 35.4 Å². The van der Waals surface area contributed by atoms with E-state index in [9.17, 15) is 0 Å². The minimum Gasteiger partial charge on any atom is -0.364 e. The minimum atomic E-state index is -0.284. The van der Waals surface area contributed by atoms with Crippen molar-refractivity contribution >= 4 is 15.9 Å². The van der Waals surface area contributed by atoms with Crippen molar-refractivity contribution in [3.63, 3.8) is 0 Å². The van der Waals surface area contributed by atoms with Gasteiger partial charge in [0.2, 0.25) is 0 Å². The van der Waals surface area contributed by atoms with Crippen molar-refractivity contribution in [2.45, 2.75) is 58.7 Å². The zero-order chi connectivity index (χ0) is 14.0. The average Bonchev–Trinajstić information content (AvgIpc) is 2.27. The summed E-state index contributed by atoms with van der Waals surface area (Å²) in [5, 5.41) is 0.790. The number of halogens is 1. The Morgan fingerprint density at radius 3 is 1.89 bits per heavy atom. The molecule has 1 atom stereocenters. The molecule has 0 heterocycles. The first kappa shape index (κ1) is 15.7. The Morgan fingerprint density at radius 2 is 1.56 bits per heavy atom. The van der Waals surface area contributed by atoms with Gasteiger partial charge in [0.25, 0.3) is 0 Å². The summed E-state index contributed by atoms with van der Waals surface area (Å²) in [5.74, 6) is 0.567. The van der Waals surface area contributed by atoms with Crippen molar-refractivity contribution in [3.8, 4) is 0 Å². The van der Waals surface area contributed by atoms with E-state index >= 15 is 0 Å². The lowest BCUT2D eigenvalue weighted by Crippen LogP contribution is -2.36. The van der Waals surface area contributed by atoms with Crippen LogP contribution >= 0.6 is 15.9 Å². The molecule has 1 rings (SSSR count). The second-order valence-electron chi connectivity index (χ2n) is 6.36. The summed E-state index contributed by atoms with van der Waals surface area (Å²) in [5.41, 5.74) is 2.15. The van der Waals surface area contributed by atoms with Gasteiger partial charge in [0.1, 0.15) is 5.60 Å². The van der Waals surface area contributed by atoms with E-state index in [2.05, 4.69) is 81.7 Å². The maximum atomic E-state index is 6.21. The molecule has 0 fully saturated rings. The van der Waals surface area contributed by atoms with Gasteiger partial charge >= 0.3 is 0 Å². The van der Waals surface area contributed by atoms with Crippen molar-refractivity contribution in [1.29, 1.82) is 0 Å². The van der Waals surface area contributed by atoms with Crippen molar-refractivity contribution in [2.75, 3.05) is 5.33 Å². The van der Waals surface area contributed by atoms with E-state index in [0.717, 1.165) is 5.33 Å². The Morgan fingerprint density at radius 1 is 1.06 bits per heavy atom. The summed E-state index contributed by atoms with van der Waals surface area (Å²) in [6, 6.07) is 8.77. The van der Waals surface area contributed by atoms with E-state index in [4.69, 9.17) is 4.74 Å². The Bertz CT molecular complexity index is 375. The molecule has 0 aliphatic rings. The molecule has 2 heteroatoms. The summed E-state index contributed by atoms with van der Waals surface area (Å²) in [6.45, 7) is 12.8. The molecule has 1 nitrogen and oxygen atoms in total. The molecule has 0 spiro atoms. The second-order valence-corrected chi connectivity index (χ2v) is 6.92. The summed E-state index contributed by atoms with van der Waals surface area (Å²) in [4.78, 5) is 0. The highest BCUT2D eigenvalue weighted by Crippen LogP contribution is 2.33. The second kappa shape index (κ2) is 5.75. The third kappa shape index (κ3) is 4.10. The summed E-state index contributed by atoms with van der Waals surface area (Å²) < 4.78 is 6.21. The fourth-order valence-corrected chi connectivity index (χ4v) is 2.50. The lowest BCUT2D eigenvalue weighted by molar-refractivity contribution is -0.113. The smallest absolute Gasteiger partial charge is 0.101 e. The first-order valence-electron chi connectivity index (χ1n) is 6.54. The van der Waals surface area contributed by atoms with E-state index in [-0.39, 0.29) is 11.2 Å². The van der Waals surface area contributed by atoms with E-state index in [1.165, 1.54) is 11.1 Å². The summed E-state index contributed by atoms with van der Waals surface area (Å²) >= 11 is 3.58. The quantitative estimate of drug-likeness (QED) is 0.691. The maximum Gasteiger partial charge on any atom is 0.101 e. The molecule has 0 radical (unpaired) electrons. The lowest BCUT2D eigenvalue weighted by atomic mass is 9.93. The molecule has 0 aliphatic carbocycles. The van der Waals surface area contributed by atoms with E-state index in [1.807, 2.05) is 0 Å². The molecule has 1 aromatic carbocycles. The third-order valence-electron chi connectivity index (χ3n) is 2.97. The Balaban J connectivity index is 3.01. The zero-order valence-electron chi connectivity index (χ0n) is 12.4. The number of benzene rings is 1. The fraction of sp³-hybridized carbons (Fsp3) is 0.625. The average molecular weight is 313 g/mol. The van der Waals surface area contributed by atoms with Crippen LogP contribution in [-0.4, -0.2) is 10.9 Å². The Labute approximate surface area is 120 Å². The molecular weight excluding hydrogens is 288 g/mol. The van der Waals surface area contributed by atoms with Gasteiger partial charge in [-0.25, -0.2) is 0 Å². The number of hydrogen-bond donors (Lipinski definition) is 0. The minimum absolute atomic E-state index is 0.154. The molecule has 1 unspecified atom stereocenters. The first-order valence-corrected chi connectivity index (χ1v) is 7.67. The van der Waals surface area contributed by atoms with Crippen molar-refractivity contribution < 1.29 is 4.74 Å². The van der Waals surface area contributed by atoms with Gasteiger partial charge in [-0.1, -0.05) is 54.0 Å². The lowest BCUT2D eigenvalue weighted by Gasteiger charge is -2.36. The van der Waals surface area contributed by atoms with Crippen LogP contribution in [0.2, 0.25) is 0 Å². The molecule has 0 saturated carbocycles. The highest BCUT2D eigenvalue weighted by atomic mass is 79.9. The van der Waals surface area contributed by atoms with Crippen molar-refractivity contribution in [2.24, 2.45) is 0 Å². The molecule has 0 aromatic heterocycles. The first-order chi connectivity index (χ1) is 8.18. The topological polar surface area (TPSA) is 9.23 Å². The van der Waals surface area contributed by atoms with Crippen LogP contribution in [0.25, 0.3) is 0 Å². The van der Waals surface area contributed by atoms with E-state index in [1.54, 1.807) is 0 Å². The predicted molar refractivity (Wildman–Crippen MR) is 82.5 cm³/mol. The van der Waals surface area contributed by atoms with Gasteiger partial charge in [0.15, 0.2) is 0 Å². The van der Waals surface area contributed by atoms with Crippen LogP contribution in [0.5, 0.6) is 0 Å². The SMILES string of the molecule is CC(C)c1ccc(C(C)(CBr)OC(C)(C)C)cc1. The zero-order valence-corrected chi connectivity index (χ0v) is 14.0. The van der Waals surface area contributed by atoms with Crippen molar-refractivity contribution in [1.82, 2.24) is 0 Å². The molecule has 0 saturated heterocycles. The van der Waals surface area contributed by atoms with Crippen LogP contribution in [0.1, 0.15) is 58.6 Å². The van der Waals surface area contributed by atoms with E-state index < -0.39 is 0 Å². The normalized spacial score (nSPS) is 15.8. The molecule has 102 valence electrons. The molecule has 0 N–H and O–H groups in total. The van der Waals surface area contributed by atoms with E-state index in [0.29, 0.717) is 5.92 Å². The van der Waals surface area contributed by atoms with Gasteiger partial charge < -0.3 is 4.74 Å². The van der Waals surface area contributed by atoms with Crippen LogP contribution < -0.4 is 0 Å². The van der Waals surface area contributed by atoms with Crippen LogP contribution in [0.3, 0.4) is 0 Å². The number of ether oxygens (including phenoxy) is 1. The Kier molecular flexibility index (Phi) is 5.02. The molecule has 0 aliphatic heterocycles. The van der Waals surface area contributed by atoms with Gasteiger partial charge in [0, 0.05) is 5.33 Å². The van der Waals surface area contributed by atoms with Gasteiger partial charge in [-0.2, -0.15) is 0 Å². The van der Waals surface area contributed by atoms with Gasteiger partial charge in [-0.05, 0) is 44.7 Å². The highest BCUT2D eigenvalue weighted by Gasteiger charge is 2.31. The molecule has 18 heavy (non-hydrogen) atoms. The molecule has 0 amide bonds. The van der Waals surface area contributed by atoms with Crippen LogP contribution in [0.15, 0.2) is 24.3 Å². The number of rotatable bonds is 4. The number of hydrogen-bond acceptors (Lipinski definition) is 1. The van der Waals surface area contributed by atoms with Crippen LogP contribution in [0, 0.1) is 0 Å². The van der Waals surface area contributed by atoms with Gasteiger partial charge in [-0.3, -0.25) is 0 Å².